The number of ether oxygens (including phenoxy) is 1. The topological polar surface area (TPSA) is 143 Å². The summed E-state index contributed by atoms with van der Waals surface area (Å²) in [7, 11) is 1.37. The number of nitro benzene ring substituents is 1. The molecule has 0 bridgehead atoms. The number of hydrogen-bond donors (Lipinski definition) is 1. The fraction of sp³-hybridized carbons (Fsp3) is 0.143. The van der Waals surface area contributed by atoms with Crippen LogP contribution in [0.4, 0.5) is 17.1 Å². The first-order valence-corrected chi connectivity index (χ1v) is 9.02. The number of nitrogens with zero attached hydrogens (tertiary/aromatic N) is 5. The van der Waals surface area contributed by atoms with E-state index in [1.54, 1.807) is 24.3 Å². The van der Waals surface area contributed by atoms with Gasteiger partial charge in [0, 0.05) is 5.56 Å². The van der Waals surface area contributed by atoms with Gasteiger partial charge in [0.2, 0.25) is 5.88 Å². The summed E-state index contributed by atoms with van der Waals surface area (Å²) < 4.78 is 5.99. The number of aromatic hydroxyl groups is 1. The molecule has 2 aromatic carbocycles. The molecule has 0 atom stereocenters. The lowest BCUT2D eigenvalue weighted by atomic mass is 10.1. The van der Waals surface area contributed by atoms with Crippen molar-refractivity contribution in [2.24, 2.45) is 10.2 Å². The summed E-state index contributed by atoms with van der Waals surface area (Å²) in [6.45, 7) is 1.45. The third kappa shape index (κ3) is 4.25. The molecule has 3 aromatic rings. The molecule has 3 rings (SSSR count). The monoisotopic (exact) mass is 419 g/mol. The summed E-state index contributed by atoms with van der Waals surface area (Å²) in [6.07, 6.45) is 0. The van der Waals surface area contributed by atoms with Crippen molar-refractivity contribution in [3.63, 3.8) is 0 Å². The van der Waals surface area contributed by atoms with Crippen molar-refractivity contribution in [1.29, 1.82) is 5.26 Å². The van der Waals surface area contributed by atoms with Crippen LogP contribution in [0.25, 0.3) is 0 Å². The molecule has 10 nitrogen and oxygen atoms in total. The third-order valence-electron chi connectivity index (χ3n) is 4.59. The smallest absolute Gasteiger partial charge is 0.300 e. The highest BCUT2D eigenvalue weighted by Gasteiger charge is 2.20. The number of azo groups is 1. The highest BCUT2D eigenvalue weighted by atomic mass is 16.6. The van der Waals surface area contributed by atoms with Gasteiger partial charge in [0.15, 0.2) is 11.4 Å². The Balaban J connectivity index is 2.14. The lowest BCUT2D eigenvalue weighted by Gasteiger charge is -2.13. The Morgan fingerprint density at radius 3 is 2.55 bits per heavy atom. The lowest BCUT2D eigenvalue weighted by Crippen LogP contribution is -2.22. The largest absolute Gasteiger partial charge is 0.496 e. The summed E-state index contributed by atoms with van der Waals surface area (Å²) in [4.78, 5) is 23.7. The zero-order chi connectivity index (χ0) is 22.5. The second-order valence-electron chi connectivity index (χ2n) is 6.47. The zero-order valence-corrected chi connectivity index (χ0v) is 16.6. The van der Waals surface area contributed by atoms with Crippen LogP contribution in [-0.4, -0.2) is 21.7 Å². The maximum absolute atomic E-state index is 13.0. The highest BCUT2D eigenvalue weighted by molar-refractivity contribution is 5.61. The molecular weight excluding hydrogens is 402 g/mol. The maximum atomic E-state index is 13.0. The Morgan fingerprint density at radius 1 is 1.23 bits per heavy atom. The second-order valence-corrected chi connectivity index (χ2v) is 6.47. The Kier molecular flexibility index (Phi) is 6.07. The first-order valence-electron chi connectivity index (χ1n) is 9.02. The van der Waals surface area contributed by atoms with Crippen LogP contribution in [0.15, 0.2) is 63.6 Å². The minimum absolute atomic E-state index is 0.00563. The molecule has 31 heavy (non-hydrogen) atoms. The molecule has 0 aliphatic rings. The molecule has 0 fully saturated rings. The SMILES string of the molecule is COc1ccc(N=Nc2c(C)c(C#N)c(O)n(Cc3ccccc3)c2=O)c([N+](=O)[O-])c1. The van der Waals surface area contributed by atoms with E-state index in [2.05, 4.69) is 10.2 Å². The average Bonchev–Trinajstić information content (AvgIpc) is 2.77. The molecule has 1 aromatic heterocycles. The number of methoxy groups -OCH3 is 1. The van der Waals surface area contributed by atoms with Crippen molar-refractivity contribution in [2.45, 2.75) is 13.5 Å². The molecule has 0 saturated heterocycles. The van der Waals surface area contributed by atoms with Crippen LogP contribution in [0.5, 0.6) is 11.6 Å². The van der Waals surface area contributed by atoms with Gasteiger partial charge in [-0.3, -0.25) is 19.5 Å². The van der Waals surface area contributed by atoms with E-state index in [9.17, 15) is 25.3 Å². The minimum Gasteiger partial charge on any atom is -0.496 e. The van der Waals surface area contributed by atoms with Crippen molar-refractivity contribution >= 4 is 17.1 Å². The van der Waals surface area contributed by atoms with Gasteiger partial charge in [0.05, 0.1) is 24.6 Å². The summed E-state index contributed by atoms with van der Waals surface area (Å²) >= 11 is 0. The molecular formula is C21H17N5O5. The fourth-order valence-corrected chi connectivity index (χ4v) is 2.93. The number of hydrogen-bond acceptors (Lipinski definition) is 8. The van der Waals surface area contributed by atoms with Gasteiger partial charge in [-0.2, -0.15) is 5.26 Å². The number of nitro groups is 1. The minimum atomic E-state index is -0.683. The summed E-state index contributed by atoms with van der Waals surface area (Å²) in [6, 6.07) is 14.8. The molecule has 156 valence electrons. The predicted molar refractivity (Wildman–Crippen MR) is 111 cm³/mol. The summed E-state index contributed by atoms with van der Waals surface area (Å²) in [5.41, 5.74) is -0.618. The lowest BCUT2D eigenvalue weighted by molar-refractivity contribution is -0.384. The summed E-state index contributed by atoms with van der Waals surface area (Å²) in [5, 5.41) is 39.1. The van der Waals surface area contributed by atoms with Gasteiger partial charge in [-0.25, -0.2) is 0 Å². The number of pyridine rings is 1. The van der Waals surface area contributed by atoms with Crippen LogP contribution >= 0.6 is 0 Å². The van der Waals surface area contributed by atoms with Gasteiger partial charge in [-0.05, 0) is 24.6 Å². The van der Waals surface area contributed by atoms with Crippen molar-refractivity contribution in [3.05, 3.63) is 85.7 Å². The Morgan fingerprint density at radius 2 is 1.94 bits per heavy atom. The number of benzene rings is 2. The average molecular weight is 419 g/mol. The van der Waals surface area contributed by atoms with E-state index in [4.69, 9.17) is 4.74 Å². The molecule has 0 unspecified atom stereocenters. The van der Waals surface area contributed by atoms with Gasteiger partial charge in [-0.15, -0.1) is 10.2 Å². The van der Waals surface area contributed by atoms with Crippen LogP contribution in [0, 0.1) is 28.4 Å². The van der Waals surface area contributed by atoms with Crippen molar-refractivity contribution in [2.75, 3.05) is 7.11 Å². The molecule has 1 heterocycles. The number of aromatic nitrogens is 1. The van der Waals surface area contributed by atoms with E-state index in [-0.39, 0.29) is 40.5 Å². The molecule has 0 saturated carbocycles. The maximum Gasteiger partial charge on any atom is 0.300 e. The first kappa shape index (κ1) is 21.2. The van der Waals surface area contributed by atoms with E-state index in [1.165, 1.54) is 32.2 Å². The molecule has 0 radical (unpaired) electrons. The van der Waals surface area contributed by atoms with Crippen LogP contribution in [0.2, 0.25) is 0 Å². The van der Waals surface area contributed by atoms with Crippen LogP contribution < -0.4 is 10.3 Å². The predicted octanol–water partition coefficient (Wildman–Crippen LogP) is 4.11. The molecule has 0 spiro atoms. The Labute approximate surface area is 176 Å². The highest BCUT2D eigenvalue weighted by Crippen LogP contribution is 2.33. The number of rotatable bonds is 6. The van der Waals surface area contributed by atoms with Crippen LogP contribution in [-0.2, 0) is 6.54 Å². The van der Waals surface area contributed by atoms with E-state index < -0.39 is 16.4 Å². The fourth-order valence-electron chi connectivity index (χ4n) is 2.93. The first-order chi connectivity index (χ1) is 14.9. The zero-order valence-electron chi connectivity index (χ0n) is 16.6. The summed E-state index contributed by atoms with van der Waals surface area (Å²) in [5.74, 6) is -0.216. The third-order valence-corrected chi connectivity index (χ3v) is 4.59. The van der Waals surface area contributed by atoms with E-state index in [0.717, 1.165) is 10.1 Å². The second kappa shape index (κ2) is 8.87. The van der Waals surface area contributed by atoms with E-state index in [1.807, 2.05) is 12.1 Å². The van der Waals surface area contributed by atoms with E-state index >= 15 is 0 Å². The van der Waals surface area contributed by atoms with Crippen molar-refractivity contribution in [1.82, 2.24) is 4.57 Å². The molecule has 0 aliphatic heterocycles. The quantitative estimate of drug-likeness (QED) is 0.362. The molecule has 1 N–H and O–H groups in total. The van der Waals surface area contributed by atoms with E-state index in [0.29, 0.717) is 0 Å². The van der Waals surface area contributed by atoms with Crippen LogP contribution in [0.1, 0.15) is 16.7 Å². The van der Waals surface area contributed by atoms with Crippen LogP contribution in [0.3, 0.4) is 0 Å². The normalized spacial score (nSPS) is 10.7. The van der Waals surface area contributed by atoms with Crippen molar-refractivity contribution in [3.8, 4) is 17.7 Å². The van der Waals surface area contributed by atoms with Gasteiger partial charge >= 0.3 is 0 Å². The standard InChI is InChI=1S/C21H17N5O5/c1-13-16(11-22)20(27)25(12-14-6-4-3-5-7-14)21(28)19(13)24-23-17-9-8-15(31-2)10-18(17)26(29)30/h3-10,27H,12H2,1-2H3. The molecule has 10 heteroatoms. The Bertz CT molecular complexity index is 1280. The Hall–Kier alpha value is -4.52. The van der Waals surface area contributed by atoms with Gasteiger partial charge < -0.3 is 9.84 Å². The molecule has 0 aliphatic carbocycles. The number of nitriles is 1. The van der Waals surface area contributed by atoms with Gasteiger partial charge in [0.25, 0.3) is 11.2 Å². The van der Waals surface area contributed by atoms with Gasteiger partial charge in [-0.1, -0.05) is 30.3 Å². The van der Waals surface area contributed by atoms with Crippen molar-refractivity contribution < 1.29 is 14.8 Å². The molecule has 0 amide bonds. The van der Waals surface area contributed by atoms with Gasteiger partial charge in [0.1, 0.15) is 17.4 Å².